The first-order valence-corrected chi connectivity index (χ1v) is 7.67. The lowest BCUT2D eigenvalue weighted by Gasteiger charge is -1.92. The van der Waals surface area contributed by atoms with Crippen LogP contribution in [0, 0.1) is 0 Å². The number of H-pyrrole nitrogens is 1. The summed E-state index contributed by atoms with van der Waals surface area (Å²) in [6, 6.07) is 16.0. The van der Waals surface area contributed by atoms with Gasteiger partial charge in [-0.05, 0) is 23.8 Å². The van der Waals surface area contributed by atoms with Gasteiger partial charge in [0, 0.05) is 10.8 Å². The highest BCUT2D eigenvalue weighted by atomic mass is 35.5. The number of halogens is 1. The fraction of sp³-hybridized carbons (Fsp3) is 0.0625. The molecule has 0 unspecified atom stereocenters. The van der Waals surface area contributed by atoms with E-state index in [0.717, 1.165) is 27.0 Å². The standard InChI is InChI=1S/C16H13ClN2S/c17-13-8-9-14-15(11-13)19-16(18-14)20-10-4-7-12-5-2-1-3-6-12/h1-9,11H,10H2,(H,18,19)/b7-4+. The summed E-state index contributed by atoms with van der Waals surface area (Å²) in [5.74, 6) is 0.877. The van der Waals surface area contributed by atoms with Crippen molar-refractivity contribution in [2.45, 2.75) is 5.16 Å². The Kier molecular flexibility index (Phi) is 4.09. The zero-order chi connectivity index (χ0) is 13.8. The van der Waals surface area contributed by atoms with E-state index >= 15 is 0 Å². The van der Waals surface area contributed by atoms with Crippen LogP contribution in [0.3, 0.4) is 0 Å². The Morgan fingerprint density at radius 2 is 2.00 bits per heavy atom. The molecule has 4 heteroatoms. The van der Waals surface area contributed by atoms with Crippen molar-refractivity contribution in [1.29, 1.82) is 0 Å². The lowest BCUT2D eigenvalue weighted by molar-refractivity contribution is 1.08. The second-order valence-corrected chi connectivity index (χ2v) is 5.77. The van der Waals surface area contributed by atoms with Gasteiger partial charge in [-0.3, -0.25) is 0 Å². The van der Waals surface area contributed by atoms with Crippen molar-refractivity contribution in [3.8, 4) is 0 Å². The number of nitrogens with zero attached hydrogens (tertiary/aromatic N) is 1. The van der Waals surface area contributed by atoms with Crippen LogP contribution >= 0.6 is 23.4 Å². The van der Waals surface area contributed by atoms with Crippen LogP contribution in [-0.4, -0.2) is 15.7 Å². The van der Waals surface area contributed by atoms with Crippen molar-refractivity contribution in [3.63, 3.8) is 0 Å². The number of fused-ring (bicyclic) bond motifs is 1. The van der Waals surface area contributed by atoms with E-state index in [1.54, 1.807) is 11.8 Å². The summed E-state index contributed by atoms with van der Waals surface area (Å²) < 4.78 is 0. The Hall–Kier alpha value is -1.71. The van der Waals surface area contributed by atoms with E-state index in [9.17, 15) is 0 Å². The molecule has 0 radical (unpaired) electrons. The van der Waals surface area contributed by atoms with Crippen molar-refractivity contribution >= 4 is 40.5 Å². The molecular weight excluding hydrogens is 288 g/mol. The van der Waals surface area contributed by atoms with Gasteiger partial charge in [0.25, 0.3) is 0 Å². The number of thioether (sulfide) groups is 1. The monoisotopic (exact) mass is 300 g/mol. The Morgan fingerprint density at radius 1 is 1.15 bits per heavy atom. The highest BCUT2D eigenvalue weighted by Gasteiger charge is 2.02. The summed E-state index contributed by atoms with van der Waals surface area (Å²) in [6.07, 6.45) is 4.26. The molecule has 0 bridgehead atoms. The van der Waals surface area contributed by atoms with E-state index in [1.807, 2.05) is 36.4 Å². The molecule has 0 spiro atoms. The Bertz CT molecular complexity index is 735. The van der Waals surface area contributed by atoms with Crippen LogP contribution in [0.4, 0.5) is 0 Å². The molecule has 0 aliphatic rings. The van der Waals surface area contributed by atoms with Crippen LogP contribution in [0.2, 0.25) is 5.02 Å². The maximum atomic E-state index is 5.96. The number of aromatic nitrogens is 2. The molecule has 0 saturated heterocycles. The number of aromatic amines is 1. The fourth-order valence-electron chi connectivity index (χ4n) is 1.90. The van der Waals surface area contributed by atoms with Gasteiger partial charge >= 0.3 is 0 Å². The maximum Gasteiger partial charge on any atom is 0.166 e. The van der Waals surface area contributed by atoms with Gasteiger partial charge in [-0.25, -0.2) is 4.98 Å². The molecule has 0 atom stereocenters. The maximum absolute atomic E-state index is 5.96. The molecule has 0 aliphatic carbocycles. The smallest absolute Gasteiger partial charge is 0.166 e. The van der Waals surface area contributed by atoms with Crippen molar-refractivity contribution in [1.82, 2.24) is 9.97 Å². The van der Waals surface area contributed by atoms with Crippen LogP contribution in [0.15, 0.2) is 59.8 Å². The first-order chi connectivity index (χ1) is 9.81. The van der Waals surface area contributed by atoms with Crippen molar-refractivity contribution in [2.75, 3.05) is 5.75 Å². The number of hydrogen-bond donors (Lipinski definition) is 1. The molecule has 20 heavy (non-hydrogen) atoms. The number of imidazole rings is 1. The third kappa shape index (κ3) is 3.24. The molecule has 0 amide bonds. The molecule has 100 valence electrons. The molecule has 3 aromatic rings. The normalized spacial score (nSPS) is 11.4. The number of nitrogens with one attached hydrogen (secondary N) is 1. The third-order valence-electron chi connectivity index (χ3n) is 2.85. The predicted octanol–water partition coefficient (Wildman–Crippen LogP) is 5.02. The molecule has 1 aromatic heterocycles. The zero-order valence-corrected chi connectivity index (χ0v) is 12.3. The van der Waals surface area contributed by atoms with Gasteiger partial charge in [0.15, 0.2) is 5.16 Å². The lowest BCUT2D eigenvalue weighted by Crippen LogP contribution is -1.76. The molecule has 3 rings (SSSR count). The fourth-order valence-corrected chi connectivity index (χ4v) is 2.77. The highest BCUT2D eigenvalue weighted by molar-refractivity contribution is 7.99. The zero-order valence-electron chi connectivity index (χ0n) is 10.7. The van der Waals surface area contributed by atoms with Crippen LogP contribution in [0.25, 0.3) is 17.1 Å². The minimum absolute atomic E-state index is 0.724. The topological polar surface area (TPSA) is 28.7 Å². The Labute approximate surface area is 126 Å². The first-order valence-electron chi connectivity index (χ1n) is 6.31. The minimum Gasteiger partial charge on any atom is -0.333 e. The Balaban J connectivity index is 1.64. The van der Waals surface area contributed by atoms with Crippen LogP contribution in [-0.2, 0) is 0 Å². The first kappa shape index (κ1) is 13.3. The Morgan fingerprint density at radius 3 is 2.85 bits per heavy atom. The molecular formula is C16H13ClN2S. The number of rotatable bonds is 4. The third-order valence-corrected chi connectivity index (χ3v) is 3.91. The van der Waals surface area contributed by atoms with Crippen LogP contribution < -0.4 is 0 Å². The van der Waals surface area contributed by atoms with Gasteiger partial charge in [-0.2, -0.15) is 0 Å². The van der Waals surface area contributed by atoms with Gasteiger partial charge in [0.05, 0.1) is 11.0 Å². The van der Waals surface area contributed by atoms with E-state index in [0.29, 0.717) is 0 Å². The molecule has 0 aliphatic heterocycles. The predicted molar refractivity (Wildman–Crippen MR) is 87.3 cm³/mol. The van der Waals surface area contributed by atoms with E-state index in [1.165, 1.54) is 5.56 Å². The summed E-state index contributed by atoms with van der Waals surface area (Å²) in [4.78, 5) is 7.78. The van der Waals surface area contributed by atoms with Gasteiger partial charge in [-0.1, -0.05) is 65.8 Å². The van der Waals surface area contributed by atoms with E-state index in [2.05, 4.69) is 34.3 Å². The summed E-state index contributed by atoms with van der Waals surface area (Å²) in [5, 5.41) is 1.64. The second kappa shape index (κ2) is 6.16. The molecule has 1 heterocycles. The van der Waals surface area contributed by atoms with E-state index in [4.69, 9.17) is 11.6 Å². The summed E-state index contributed by atoms with van der Waals surface area (Å²) in [5.41, 5.74) is 3.14. The molecule has 0 saturated carbocycles. The summed E-state index contributed by atoms with van der Waals surface area (Å²) in [6.45, 7) is 0. The van der Waals surface area contributed by atoms with Gasteiger partial charge in [0.2, 0.25) is 0 Å². The number of benzene rings is 2. The average molecular weight is 301 g/mol. The lowest BCUT2D eigenvalue weighted by atomic mass is 10.2. The largest absolute Gasteiger partial charge is 0.333 e. The SMILES string of the molecule is Clc1ccc2nc(SC/C=C/c3ccccc3)[nH]c2c1. The van der Waals surface area contributed by atoms with Gasteiger partial charge < -0.3 is 4.98 Å². The quantitative estimate of drug-likeness (QED) is 0.685. The van der Waals surface area contributed by atoms with Crippen LogP contribution in [0.1, 0.15) is 5.56 Å². The van der Waals surface area contributed by atoms with Crippen molar-refractivity contribution in [2.24, 2.45) is 0 Å². The average Bonchev–Trinajstić information content (AvgIpc) is 2.86. The minimum atomic E-state index is 0.724. The van der Waals surface area contributed by atoms with Crippen molar-refractivity contribution < 1.29 is 0 Å². The molecule has 0 fully saturated rings. The molecule has 2 aromatic carbocycles. The molecule has 2 nitrogen and oxygen atoms in total. The number of hydrogen-bond acceptors (Lipinski definition) is 2. The molecule has 1 N–H and O–H groups in total. The highest BCUT2D eigenvalue weighted by Crippen LogP contribution is 2.22. The van der Waals surface area contributed by atoms with E-state index in [-0.39, 0.29) is 0 Å². The van der Waals surface area contributed by atoms with Crippen LogP contribution in [0.5, 0.6) is 0 Å². The van der Waals surface area contributed by atoms with Gasteiger partial charge in [-0.15, -0.1) is 0 Å². The van der Waals surface area contributed by atoms with Gasteiger partial charge in [0.1, 0.15) is 0 Å². The summed E-state index contributed by atoms with van der Waals surface area (Å²) in [7, 11) is 0. The van der Waals surface area contributed by atoms with Crippen molar-refractivity contribution in [3.05, 3.63) is 65.2 Å². The van der Waals surface area contributed by atoms with E-state index < -0.39 is 0 Å². The second-order valence-electron chi connectivity index (χ2n) is 4.33. The summed E-state index contributed by atoms with van der Waals surface area (Å²) >= 11 is 7.63.